The molecule has 0 aliphatic carbocycles. The summed E-state index contributed by atoms with van der Waals surface area (Å²) >= 11 is 0. The van der Waals surface area contributed by atoms with Gasteiger partial charge in [0.05, 0.1) is 12.3 Å². The van der Waals surface area contributed by atoms with Crippen molar-refractivity contribution in [2.75, 3.05) is 6.61 Å². The number of aromatic nitrogens is 1. The molecule has 0 aliphatic rings. The lowest BCUT2D eigenvalue weighted by atomic mass is 9.90. The predicted octanol–water partition coefficient (Wildman–Crippen LogP) is 4.30. The minimum Gasteiger partial charge on any atom is -0.477 e. The molecular weight excluding hydrogens is 260 g/mol. The molecule has 0 aromatic carbocycles. The molecule has 0 bridgehead atoms. The third kappa shape index (κ3) is 6.94. The molecule has 0 fully saturated rings. The standard InChI is InChI=1S/C18H32N2O/c1-13(2)12-21-16-10-14(11-19-18(6,7)8)9-15(20-16)17(3,4)5/h9-10,13,19H,11-12H2,1-8H3. The van der Waals surface area contributed by atoms with Crippen LogP contribution in [0.5, 0.6) is 5.88 Å². The number of pyridine rings is 1. The van der Waals surface area contributed by atoms with E-state index >= 15 is 0 Å². The van der Waals surface area contributed by atoms with Gasteiger partial charge in [-0.15, -0.1) is 0 Å². The first kappa shape index (κ1) is 18.0. The molecule has 0 radical (unpaired) electrons. The Kier molecular flexibility index (Phi) is 5.80. The van der Waals surface area contributed by atoms with Crippen molar-refractivity contribution in [2.24, 2.45) is 5.92 Å². The molecule has 1 aromatic rings. The molecule has 0 saturated carbocycles. The number of ether oxygens (including phenoxy) is 1. The van der Waals surface area contributed by atoms with Gasteiger partial charge in [-0.25, -0.2) is 4.98 Å². The van der Waals surface area contributed by atoms with Crippen LogP contribution in [-0.4, -0.2) is 17.1 Å². The molecule has 0 amide bonds. The molecular formula is C18H32N2O. The van der Waals surface area contributed by atoms with E-state index in [1.807, 2.05) is 0 Å². The minimum atomic E-state index is 0.0215. The average molecular weight is 292 g/mol. The molecule has 120 valence electrons. The van der Waals surface area contributed by atoms with Gasteiger partial charge in [0.15, 0.2) is 0 Å². The molecule has 0 saturated heterocycles. The summed E-state index contributed by atoms with van der Waals surface area (Å²) in [4.78, 5) is 4.67. The summed E-state index contributed by atoms with van der Waals surface area (Å²) in [7, 11) is 0. The van der Waals surface area contributed by atoms with E-state index in [0.29, 0.717) is 12.5 Å². The van der Waals surface area contributed by atoms with Crippen LogP contribution in [0.1, 0.15) is 66.6 Å². The first-order valence-corrected chi connectivity index (χ1v) is 7.86. The summed E-state index contributed by atoms with van der Waals surface area (Å²) in [5, 5.41) is 3.53. The number of rotatable bonds is 5. The largest absolute Gasteiger partial charge is 0.477 e. The normalized spacial score (nSPS) is 12.8. The van der Waals surface area contributed by atoms with Crippen molar-refractivity contribution >= 4 is 0 Å². The molecule has 0 spiro atoms. The van der Waals surface area contributed by atoms with Crippen molar-refractivity contribution in [3.05, 3.63) is 23.4 Å². The highest BCUT2D eigenvalue weighted by molar-refractivity contribution is 5.28. The number of nitrogens with one attached hydrogen (secondary N) is 1. The van der Waals surface area contributed by atoms with Gasteiger partial charge in [0, 0.05) is 23.6 Å². The van der Waals surface area contributed by atoms with E-state index in [9.17, 15) is 0 Å². The van der Waals surface area contributed by atoms with Gasteiger partial charge in [-0.1, -0.05) is 34.6 Å². The van der Waals surface area contributed by atoms with Gasteiger partial charge in [0.1, 0.15) is 0 Å². The number of hydrogen-bond acceptors (Lipinski definition) is 3. The summed E-state index contributed by atoms with van der Waals surface area (Å²) in [6.45, 7) is 18.9. The maximum atomic E-state index is 5.84. The molecule has 21 heavy (non-hydrogen) atoms. The summed E-state index contributed by atoms with van der Waals surface area (Å²) in [5.41, 5.74) is 2.43. The monoisotopic (exact) mass is 292 g/mol. The minimum absolute atomic E-state index is 0.0215. The van der Waals surface area contributed by atoms with Crippen molar-refractivity contribution in [3.8, 4) is 5.88 Å². The van der Waals surface area contributed by atoms with Gasteiger partial charge in [0.2, 0.25) is 5.88 Å². The molecule has 0 atom stereocenters. The molecule has 1 heterocycles. The van der Waals surface area contributed by atoms with Crippen LogP contribution in [0.25, 0.3) is 0 Å². The van der Waals surface area contributed by atoms with E-state index in [0.717, 1.165) is 18.1 Å². The van der Waals surface area contributed by atoms with Crippen LogP contribution in [-0.2, 0) is 12.0 Å². The molecule has 1 N–H and O–H groups in total. The van der Waals surface area contributed by atoms with Crippen LogP contribution in [0.3, 0.4) is 0 Å². The maximum absolute atomic E-state index is 5.84. The lowest BCUT2D eigenvalue weighted by Crippen LogP contribution is -2.35. The summed E-state index contributed by atoms with van der Waals surface area (Å²) < 4.78 is 5.84. The lowest BCUT2D eigenvalue weighted by molar-refractivity contribution is 0.259. The molecule has 1 rings (SSSR count). The molecule has 3 nitrogen and oxygen atoms in total. The Labute approximate surface area is 130 Å². The topological polar surface area (TPSA) is 34.1 Å². The van der Waals surface area contributed by atoms with Crippen LogP contribution in [0.2, 0.25) is 0 Å². The molecule has 0 aliphatic heterocycles. The second-order valence-electron chi connectivity index (χ2n) is 8.26. The van der Waals surface area contributed by atoms with Crippen molar-refractivity contribution in [2.45, 2.75) is 72.9 Å². The Balaban J connectivity index is 2.98. The first-order chi connectivity index (χ1) is 9.47. The van der Waals surface area contributed by atoms with Crippen molar-refractivity contribution in [1.82, 2.24) is 10.3 Å². The van der Waals surface area contributed by atoms with Crippen molar-refractivity contribution in [3.63, 3.8) is 0 Å². The number of nitrogens with zero attached hydrogens (tertiary/aromatic N) is 1. The number of hydrogen-bond donors (Lipinski definition) is 1. The third-order valence-electron chi connectivity index (χ3n) is 3.02. The Hall–Kier alpha value is -1.09. The average Bonchev–Trinajstić information content (AvgIpc) is 2.32. The fraction of sp³-hybridized carbons (Fsp3) is 0.722. The van der Waals surface area contributed by atoms with E-state index in [1.54, 1.807) is 0 Å². The van der Waals surface area contributed by atoms with Gasteiger partial charge >= 0.3 is 0 Å². The van der Waals surface area contributed by atoms with Gasteiger partial charge < -0.3 is 10.1 Å². The Morgan fingerprint density at radius 2 is 1.71 bits per heavy atom. The van der Waals surface area contributed by atoms with Crippen LogP contribution in [0.15, 0.2) is 12.1 Å². The molecule has 0 unspecified atom stereocenters. The Morgan fingerprint density at radius 1 is 1.10 bits per heavy atom. The SMILES string of the molecule is CC(C)COc1cc(CNC(C)(C)C)cc(C(C)(C)C)n1. The van der Waals surface area contributed by atoms with Crippen LogP contribution in [0.4, 0.5) is 0 Å². The van der Waals surface area contributed by atoms with E-state index in [1.165, 1.54) is 5.56 Å². The van der Waals surface area contributed by atoms with E-state index in [2.05, 4.69) is 77.8 Å². The lowest BCUT2D eigenvalue weighted by Gasteiger charge is -2.23. The molecule has 3 heteroatoms. The fourth-order valence-electron chi connectivity index (χ4n) is 1.74. The summed E-state index contributed by atoms with van der Waals surface area (Å²) in [6, 6.07) is 4.23. The van der Waals surface area contributed by atoms with Crippen LogP contribution in [0, 0.1) is 5.92 Å². The van der Waals surface area contributed by atoms with E-state index in [4.69, 9.17) is 4.74 Å². The zero-order valence-corrected chi connectivity index (χ0v) is 15.0. The fourth-order valence-corrected chi connectivity index (χ4v) is 1.74. The highest BCUT2D eigenvalue weighted by Crippen LogP contribution is 2.24. The Bertz CT molecular complexity index is 453. The zero-order chi connectivity index (χ0) is 16.3. The smallest absolute Gasteiger partial charge is 0.213 e. The maximum Gasteiger partial charge on any atom is 0.213 e. The highest BCUT2D eigenvalue weighted by Gasteiger charge is 2.18. The third-order valence-corrected chi connectivity index (χ3v) is 3.02. The predicted molar refractivity (Wildman–Crippen MR) is 89.9 cm³/mol. The van der Waals surface area contributed by atoms with Crippen molar-refractivity contribution < 1.29 is 4.74 Å². The first-order valence-electron chi connectivity index (χ1n) is 7.86. The van der Waals surface area contributed by atoms with E-state index in [-0.39, 0.29) is 11.0 Å². The zero-order valence-electron chi connectivity index (χ0n) is 15.0. The van der Waals surface area contributed by atoms with Gasteiger partial charge in [-0.3, -0.25) is 0 Å². The van der Waals surface area contributed by atoms with Gasteiger partial charge in [-0.2, -0.15) is 0 Å². The van der Waals surface area contributed by atoms with Crippen molar-refractivity contribution in [1.29, 1.82) is 0 Å². The summed E-state index contributed by atoms with van der Waals surface area (Å²) in [6.07, 6.45) is 0. The molecule has 1 aromatic heterocycles. The van der Waals surface area contributed by atoms with Gasteiger partial charge in [-0.05, 0) is 38.3 Å². The quantitative estimate of drug-likeness (QED) is 0.878. The second kappa shape index (κ2) is 6.78. The van der Waals surface area contributed by atoms with Crippen LogP contribution >= 0.6 is 0 Å². The second-order valence-corrected chi connectivity index (χ2v) is 8.26. The summed E-state index contributed by atoms with van der Waals surface area (Å²) in [5.74, 6) is 1.24. The Morgan fingerprint density at radius 3 is 2.19 bits per heavy atom. The van der Waals surface area contributed by atoms with Gasteiger partial charge in [0.25, 0.3) is 0 Å². The van der Waals surface area contributed by atoms with E-state index < -0.39 is 0 Å². The highest BCUT2D eigenvalue weighted by atomic mass is 16.5. The van der Waals surface area contributed by atoms with Crippen LogP contribution < -0.4 is 10.1 Å².